The van der Waals surface area contributed by atoms with E-state index < -0.39 is 34.0 Å². The minimum absolute atomic E-state index is 0.0554. The molecular formula is C86H74ClF3N20O8. The molecule has 14 aromatic rings. The van der Waals surface area contributed by atoms with Gasteiger partial charge in [0.25, 0.3) is 0 Å². The molecule has 17 rings (SSSR count). The molecule has 0 saturated carbocycles. The Labute approximate surface area is 677 Å². The topological polar surface area (TPSA) is 351 Å². The molecule has 3 aliphatic heterocycles. The normalized spacial score (nSPS) is 14.2. The number of carbonyl (C=O) groups excluding carboxylic acids is 5. The maximum Gasteiger partial charge on any atom is 0.329 e. The number of esters is 1. The van der Waals surface area contributed by atoms with Crippen molar-refractivity contribution in [3.05, 3.63) is 255 Å². The summed E-state index contributed by atoms with van der Waals surface area (Å²) in [6, 6.07) is 46.9. The van der Waals surface area contributed by atoms with Crippen LogP contribution in [0.15, 0.2) is 176 Å². The van der Waals surface area contributed by atoms with Gasteiger partial charge in [-0.2, -0.15) is 20.6 Å². The van der Waals surface area contributed by atoms with Gasteiger partial charge in [0, 0.05) is 52.0 Å². The number of fused-ring (bicyclic) bond motifs is 6. The van der Waals surface area contributed by atoms with Crippen molar-refractivity contribution >= 4 is 91.8 Å². The number of pyridine rings is 3. The Bertz CT molecular complexity index is 6400. The Hall–Kier alpha value is -14.3. The van der Waals surface area contributed by atoms with E-state index in [4.69, 9.17) is 56.7 Å². The number of nitriles is 1. The van der Waals surface area contributed by atoms with Gasteiger partial charge >= 0.3 is 5.97 Å². The zero-order valence-corrected chi connectivity index (χ0v) is 65.9. The highest BCUT2D eigenvalue weighted by Gasteiger charge is 2.51. The van der Waals surface area contributed by atoms with E-state index in [1.165, 1.54) is 23.1 Å². The van der Waals surface area contributed by atoms with Gasteiger partial charge in [-0.1, -0.05) is 90.5 Å². The van der Waals surface area contributed by atoms with Crippen molar-refractivity contribution in [1.29, 1.82) is 5.26 Å². The zero-order chi connectivity index (χ0) is 83.2. The largest absolute Gasteiger partial charge is 0.497 e. The molecule has 1 unspecified atom stereocenters. The summed E-state index contributed by atoms with van der Waals surface area (Å²) in [6.07, 6.45) is 4.73. The average Bonchev–Trinajstić information content (AvgIpc) is 1.58. The lowest BCUT2D eigenvalue weighted by molar-refractivity contribution is -0.143. The van der Waals surface area contributed by atoms with E-state index >= 15 is 0 Å². The van der Waals surface area contributed by atoms with Crippen LogP contribution in [0.25, 0.3) is 67.7 Å². The van der Waals surface area contributed by atoms with Crippen LogP contribution in [0.1, 0.15) is 110 Å². The number of ether oxygens (including phenoxy) is 3. The summed E-state index contributed by atoms with van der Waals surface area (Å²) in [5, 5.41) is 29.2. The zero-order valence-electron chi connectivity index (χ0n) is 65.2. The third-order valence-electron chi connectivity index (χ3n) is 20.7. The van der Waals surface area contributed by atoms with E-state index in [1.54, 1.807) is 177 Å². The van der Waals surface area contributed by atoms with Gasteiger partial charge in [0.05, 0.1) is 110 Å². The molecule has 0 fully saturated rings. The summed E-state index contributed by atoms with van der Waals surface area (Å²) in [6.45, 7) is 13.1. The highest BCUT2D eigenvalue weighted by atomic mass is 35.5. The van der Waals surface area contributed by atoms with Crippen molar-refractivity contribution in [2.45, 2.75) is 110 Å². The van der Waals surface area contributed by atoms with Crippen molar-refractivity contribution in [3.63, 3.8) is 0 Å². The smallest absolute Gasteiger partial charge is 0.329 e. The molecule has 0 spiro atoms. The molecule has 0 bridgehead atoms. The van der Waals surface area contributed by atoms with Gasteiger partial charge in [-0.25, -0.2) is 72.1 Å². The first-order valence-corrected chi connectivity index (χ1v) is 37.7. The van der Waals surface area contributed by atoms with Crippen LogP contribution in [0.2, 0.25) is 5.15 Å². The van der Waals surface area contributed by atoms with Crippen molar-refractivity contribution in [2.24, 2.45) is 5.73 Å². The average molecular weight is 1610 g/mol. The van der Waals surface area contributed by atoms with Crippen LogP contribution in [0.4, 0.5) is 30.6 Å². The molecular weight excluding hydrogens is 1530 g/mol. The number of methoxy groups -OCH3 is 2. The van der Waals surface area contributed by atoms with Crippen LogP contribution in [-0.2, 0) is 84.1 Å². The fraction of sp³-hybridized carbons (Fsp3) is 0.233. The first-order chi connectivity index (χ1) is 56.7. The van der Waals surface area contributed by atoms with Crippen LogP contribution in [-0.4, -0.2) is 125 Å². The van der Waals surface area contributed by atoms with Crippen molar-refractivity contribution in [1.82, 2.24) is 74.2 Å². The number of halogens is 4. The lowest BCUT2D eigenvalue weighted by Gasteiger charge is -2.20. The number of nitrogens with zero attached hydrogens (tertiary/aromatic N) is 18. The Morgan fingerprint density at radius 1 is 0.517 bits per heavy atom. The fourth-order valence-corrected chi connectivity index (χ4v) is 15.1. The number of rotatable bonds is 20. The molecule has 0 saturated heterocycles. The highest BCUT2D eigenvalue weighted by Crippen LogP contribution is 2.49. The number of hydrogen-bond acceptors (Lipinski definition) is 21. The van der Waals surface area contributed by atoms with Crippen molar-refractivity contribution < 1.29 is 51.4 Å². The Balaban J connectivity index is 0.000000140. The Morgan fingerprint density at radius 2 is 0.924 bits per heavy atom. The van der Waals surface area contributed by atoms with E-state index in [0.717, 1.165) is 16.9 Å². The number of primary amides is 1. The number of aromatic nitrogens is 15. The molecule has 9 aromatic heterocycles. The van der Waals surface area contributed by atoms with E-state index in [2.05, 4.69) is 40.3 Å². The first-order valence-electron chi connectivity index (χ1n) is 37.3. The van der Waals surface area contributed by atoms with Crippen LogP contribution in [0.3, 0.4) is 0 Å². The summed E-state index contributed by atoms with van der Waals surface area (Å²) < 4.78 is 63.9. The minimum Gasteiger partial charge on any atom is -0.497 e. The van der Waals surface area contributed by atoms with E-state index in [1.807, 2.05) is 68.4 Å². The molecule has 32 heteroatoms. The molecule has 0 aliphatic carbocycles. The van der Waals surface area contributed by atoms with Crippen LogP contribution < -0.4 is 30.3 Å². The number of amides is 4. The van der Waals surface area contributed by atoms with Crippen molar-refractivity contribution in [3.8, 4) is 52.1 Å². The minimum atomic E-state index is -1.44. The molecule has 12 heterocycles. The number of benzene rings is 5. The van der Waals surface area contributed by atoms with Crippen molar-refractivity contribution in [2.75, 3.05) is 35.9 Å². The SMILES string of the molecule is CC1(C)C(=O)Nc2nc(-c3nn(Cc4ccccc4F)c4ncccc34)nc(CC(N)=O)c21.CCOC(=O)C(C#N)c1nc(-c2nn(Cc3ccccc3F)c3ncccc23)nc2c1C(C)(C)C(=O)N2Cc1ccc(OC)cc1.COc1ccc(CN2C(=O)C(C)(C)c3c(Cl)nc(-c4nn(Cc5ccccc5F)c5ncccc45)nc32)cc1. The second-order valence-corrected chi connectivity index (χ2v) is 29.9. The monoisotopic (exact) mass is 1610 g/mol. The maximum atomic E-state index is 14.6. The number of nitrogens with two attached hydrogens (primary N) is 1. The number of anilines is 3. The number of nitrogens with one attached hydrogen (secondary N) is 1. The molecule has 118 heavy (non-hydrogen) atoms. The third-order valence-corrected chi connectivity index (χ3v) is 21.0. The first kappa shape index (κ1) is 79.0. The van der Waals surface area contributed by atoms with Crippen LogP contribution in [0.5, 0.6) is 11.5 Å². The standard InChI is InChI=1S/C34H30FN7O4.C29H24ClFN6O2.C23H20FN7O2/c1-5-46-32(43)24(17-36)27-26-31(41(33(44)34(26,2)3)18-20-12-14-22(45-4)15-13-20)39-29(38-27)28-23-10-8-16-37-30(23)42(40-28)19-21-9-6-7-11-25(21)35;1-29(2)22-24(30)33-25(34-27(22)36(28(29)38)15-17-10-12-19(39-3)13-11-17)23-20-8-6-14-32-26(20)37(35-23)16-18-7-4-5-9-21(18)31;1-23(2)17-15(10-16(25)32)27-20(28-19(17)29-22(23)33)18-13-7-5-9-26-21(13)31(30-18)11-12-6-3-4-8-14(12)24/h6-16,24H,5,18-19H2,1-4H3;4-14H,15-16H2,1-3H3;3-9H,10-11H2,1-2H3,(H2,25,32)(H,27,28,29,33). The van der Waals surface area contributed by atoms with Gasteiger partial charge in [-0.05, 0) is 138 Å². The molecule has 594 valence electrons. The van der Waals surface area contributed by atoms with Crippen LogP contribution in [0, 0.1) is 28.8 Å². The summed E-state index contributed by atoms with van der Waals surface area (Å²) in [5.74, 6) is -1.53. The molecule has 1 atom stereocenters. The maximum absolute atomic E-state index is 14.6. The van der Waals surface area contributed by atoms with Gasteiger partial charge < -0.3 is 25.3 Å². The lowest BCUT2D eigenvalue weighted by Crippen LogP contribution is -2.36. The lowest BCUT2D eigenvalue weighted by atomic mass is 9.83. The molecule has 3 N–H and O–H groups in total. The predicted octanol–water partition coefficient (Wildman–Crippen LogP) is 13.0. The summed E-state index contributed by atoms with van der Waals surface area (Å²) in [4.78, 5) is 110. The molecule has 4 amide bonds. The molecule has 5 aromatic carbocycles. The van der Waals surface area contributed by atoms with Gasteiger partial charge in [-0.15, -0.1) is 0 Å². The fourth-order valence-electron chi connectivity index (χ4n) is 14.7. The second-order valence-electron chi connectivity index (χ2n) is 29.6. The molecule has 3 aliphatic rings. The van der Waals surface area contributed by atoms with E-state index in [0.29, 0.717) is 113 Å². The van der Waals surface area contributed by atoms with Gasteiger partial charge in [0.15, 0.2) is 40.3 Å². The van der Waals surface area contributed by atoms with Crippen LogP contribution >= 0.6 is 11.6 Å². The summed E-state index contributed by atoms with van der Waals surface area (Å²) in [7, 11) is 3.18. The Kier molecular flexibility index (Phi) is 21.3. The van der Waals surface area contributed by atoms with E-state index in [-0.39, 0.29) is 109 Å². The quantitative estimate of drug-likeness (QED) is 0.0528. The predicted molar refractivity (Wildman–Crippen MR) is 431 cm³/mol. The second kappa shape index (κ2) is 31.8. The summed E-state index contributed by atoms with van der Waals surface area (Å²) in [5.41, 5.74) is 10.1. The van der Waals surface area contributed by atoms with E-state index in [9.17, 15) is 42.4 Å². The van der Waals surface area contributed by atoms with Gasteiger partial charge in [0.1, 0.15) is 68.6 Å². The molecule has 0 radical (unpaired) electrons. The van der Waals surface area contributed by atoms with Gasteiger partial charge in [0.2, 0.25) is 23.6 Å². The summed E-state index contributed by atoms with van der Waals surface area (Å²) >= 11 is 6.74. The number of carbonyl (C=O) groups is 5. The Morgan fingerprint density at radius 3 is 1.33 bits per heavy atom. The highest BCUT2D eigenvalue weighted by molar-refractivity contribution is 6.32. The number of hydrogen-bond donors (Lipinski definition) is 2. The van der Waals surface area contributed by atoms with Gasteiger partial charge in [-0.3, -0.25) is 33.8 Å². The molecule has 28 nitrogen and oxygen atoms in total. The third kappa shape index (κ3) is 14.7.